The Morgan fingerprint density at radius 3 is 2.91 bits per heavy atom. The van der Waals surface area contributed by atoms with Crippen molar-refractivity contribution in [3.05, 3.63) is 33.9 Å². The maximum atomic E-state index is 12.8. The number of fused-ring (bicyclic) bond motifs is 1. The highest BCUT2D eigenvalue weighted by atomic mass is 16.5. The molecule has 2 saturated heterocycles. The minimum absolute atomic E-state index is 0.00456. The lowest BCUT2D eigenvalue weighted by atomic mass is 9.83. The highest BCUT2D eigenvalue weighted by Gasteiger charge is 2.48. The second-order valence-corrected chi connectivity index (χ2v) is 6.80. The summed E-state index contributed by atoms with van der Waals surface area (Å²) in [7, 11) is 1.72. The standard InChI is InChI=1S/C17H21N3O3/c1-11-8-19(2)16(22)14-12(7-18-15(11)14)13(21)9-20-5-3-17(20)4-6-23-10-17/h7-8,18H,3-6,9-10H2,1-2H3. The van der Waals surface area contributed by atoms with E-state index in [2.05, 4.69) is 9.88 Å². The summed E-state index contributed by atoms with van der Waals surface area (Å²) in [6.45, 7) is 4.71. The monoisotopic (exact) mass is 315 g/mol. The molecule has 1 spiro atoms. The van der Waals surface area contributed by atoms with Crippen molar-refractivity contribution in [2.45, 2.75) is 25.3 Å². The van der Waals surface area contributed by atoms with Crippen molar-refractivity contribution in [3.63, 3.8) is 0 Å². The Hall–Kier alpha value is -1.92. The van der Waals surface area contributed by atoms with Crippen molar-refractivity contribution in [2.24, 2.45) is 7.05 Å². The van der Waals surface area contributed by atoms with Gasteiger partial charge in [-0.25, -0.2) is 0 Å². The van der Waals surface area contributed by atoms with Gasteiger partial charge < -0.3 is 14.3 Å². The molecule has 0 aliphatic carbocycles. The number of pyridine rings is 1. The van der Waals surface area contributed by atoms with Crippen LogP contribution in [0.3, 0.4) is 0 Å². The number of carbonyl (C=O) groups is 1. The van der Waals surface area contributed by atoms with Gasteiger partial charge in [-0.1, -0.05) is 0 Å². The van der Waals surface area contributed by atoms with Gasteiger partial charge in [-0.2, -0.15) is 0 Å². The van der Waals surface area contributed by atoms with Crippen LogP contribution in [0.2, 0.25) is 0 Å². The molecule has 0 radical (unpaired) electrons. The average Bonchev–Trinajstić information content (AvgIpc) is 3.17. The number of aryl methyl sites for hydroxylation is 2. The number of aromatic nitrogens is 2. The number of nitrogens with zero attached hydrogens (tertiary/aromatic N) is 2. The zero-order valence-corrected chi connectivity index (χ0v) is 13.5. The van der Waals surface area contributed by atoms with Crippen molar-refractivity contribution in [1.82, 2.24) is 14.5 Å². The number of ketones is 1. The fraction of sp³-hybridized carbons (Fsp3) is 0.529. The minimum Gasteiger partial charge on any atom is -0.379 e. The number of carbonyl (C=O) groups excluding carboxylic acids is 1. The van der Waals surface area contributed by atoms with Gasteiger partial charge in [0, 0.05) is 43.7 Å². The van der Waals surface area contributed by atoms with E-state index in [0.717, 1.165) is 43.7 Å². The number of nitrogens with one attached hydrogen (secondary N) is 1. The fourth-order valence-corrected chi connectivity index (χ4v) is 3.90. The van der Waals surface area contributed by atoms with Crippen LogP contribution >= 0.6 is 0 Å². The first-order valence-corrected chi connectivity index (χ1v) is 8.05. The number of likely N-dealkylation sites (tertiary alicyclic amines) is 1. The van der Waals surface area contributed by atoms with Crippen molar-refractivity contribution in [3.8, 4) is 0 Å². The summed E-state index contributed by atoms with van der Waals surface area (Å²) in [5, 5.41) is 0.509. The third-order valence-electron chi connectivity index (χ3n) is 5.43. The van der Waals surface area contributed by atoms with Gasteiger partial charge in [0.2, 0.25) is 0 Å². The van der Waals surface area contributed by atoms with Crippen LogP contribution in [0, 0.1) is 6.92 Å². The van der Waals surface area contributed by atoms with Crippen LogP contribution in [-0.4, -0.2) is 52.1 Å². The molecule has 1 unspecified atom stereocenters. The van der Waals surface area contributed by atoms with Crippen LogP contribution in [0.15, 0.2) is 17.2 Å². The van der Waals surface area contributed by atoms with Crippen LogP contribution in [0.4, 0.5) is 0 Å². The van der Waals surface area contributed by atoms with E-state index in [4.69, 9.17) is 4.74 Å². The highest BCUT2D eigenvalue weighted by Crippen LogP contribution is 2.37. The summed E-state index contributed by atoms with van der Waals surface area (Å²) in [5.41, 5.74) is 2.16. The van der Waals surface area contributed by atoms with Crippen LogP contribution in [0.25, 0.3) is 10.9 Å². The fourth-order valence-electron chi connectivity index (χ4n) is 3.90. The molecule has 2 aliphatic rings. The number of hydrogen-bond donors (Lipinski definition) is 1. The summed E-state index contributed by atoms with van der Waals surface area (Å²) >= 11 is 0. The normalized spacial score (nSPS) is 24.4. The predicted molar refractivity (Wildman–Crippen MR) is 87.0 cm³/mol. The molecule has 2 fully saturated rings. The predicted octanol–water partition coefficient (Wildman–Crippen LogP) is 1.22. The van der Waals surface area contributed by atoms with Gasteiger partial charge in [0.1, 0.15) is 0 Å². The Kier molecular flexibility index (Phi) is 3.21. The number of aromatic amines is 1. The maximum absolute atomic E-state index is 12.8. The van der Waals surface area contributed by atoms with Crippen LogP contribution in [0.1, 0.15) is 28.8 Å². The Bertz CT molecular complexity index is 843. The number of rotatable bonds is 3. The number of hydrogen-bond acceptors (Lipinski definition) is 4. The Labute approximate surface area is 134 Å². The van der Waals surface area contributed by atoms with Gasteiger partial charge in [-0.15, -0.1) is 0 Å². The molecular formula is C17H21N3O3. The number of Topliss-reactive ketones (excluding diaryl/α,β-unsaturated/α-hetero) is 1. The molecule has 6 nitrogen and oxygen atoms in total. The largest absolute Gasteiger partial charge is 0.379 e. The Morgan fingerprint density at radius 2 is 2.26 bits per heavy atom. The molecule has 0 saturated carbocycles. The third-order valence-corrected chi connectivity index (χ3v) is 5.43. The van der Waals surface area contributed by atoms with E-state index in [-0.39, 0.29) is 16.9 Å². The zero-order valence-electron chi connectivity index (χ0n) is 13.5. The molecule has 2 aromatic heterocycles. The van der Waals surface area contributed by atoms with Crippen LogP contribution in [0.5, 0.6) is 0 Å². The van der Waals surface area contributed by atoms with Crippen molar-refractivity contribution in [2.75, 3.05) is 26.3 Å². The number of H-pyrrole nitrogens is 1. The minimum atomic E-state index is -0.127. The lowest BCUT2D eigenvalue weighted by Crippen LogP contribution is -2.61. The van der Waals surface area contributed by atoms with Gasteiger partial charge in [0.25, 0.3) is 5.56 Å². The van der Waals surface area contributed by atoms with E-state index in [0.29, 0.717) is 17.5 Å². The van der Waals surface area contributed by atoms with E-state index < -0.39 is 0 Å². The topological polar surface area (TPSA) is 67.3 Å². The number of ether oxygens (including phenoxy) is 1. The van der Waals surface area contributed by atoms with Crippen molar-refractivity contribution >= 4 is 16.7 Å². The van der Waals surface area contributed by atoms with Gasteiger partial charge in [-0.05, 0) is 25.3 Å². The molecule has 6 heteroatoms. The van der Waals surface area contributed by atoms with Crippen LogP contribution in [-0.2, 0) is 11.8 Å². The first-order valence-electron chi connectivity index (χ1n) is 8.05. The van der Waals surface area contributed by atoms with Gasteiger partial charge >= 0.3 is 0 Å². The van der Waals surface area contributed by atoms with Crippen molar-refractivity contribution in [1.29, 1.82) is 0 Å². The second-order valence-electron chi connectivity index (χ2n) is 6.80. The summed E-state index contributed by atoms with van der Waals surface area (Å²) in [4.78, 5) is 30.5. The molecule has 1 atom stereocenters. The third kappa shape index (κ3) is 2.09. The van der Waals surface area contributed by atoms with Crippen LogP contribution < -0.4 is 5.56 Å². The quantitative estimate of drug-likeness (QED) is 0.865. The second kappa shape index (κ2) is 5.04. The van der Waals surface area contributed by atoms with E-state index in [1.165, 1.54) is 4.57 Å². The van der Waals surface area contributed by atoms with E-state index in [9.17, 15) is 9.59 Å². The molecule has 4 rings (SSSR count). The lowest BCUT2D eigenvalue weighted by molar-refractivity contribution is -0.0154. The first kappa shape index (κ1) is 14.7. The van der Waals surface area contributed by atoms with E-state index >= 15 is 0 Å². The molecule has 23 heavy (non-hydrogen) atoms. The van der Waals surface area contributed by atoms with E-state index in [1.54, 1.807) is 19.4 Å². The lowest BCUT2D eigenvalue weighted by Gasteiger charge is -2.49. The molecular weight excluding hydrogens is 294 g/mol. The Morgan fingerprint density at radius 1 is 1.43 bits per heavy atom. The summed E-state index contributed by atoms with van der Waals surface area (Å²) < 4.78 is 7.05. The molecule has 1 N–H and O–H groups in total. The zero-order chi connectivity index (χ0) is 16.2. The Balaban J connectivity index is 1.67. The van der Waals surface area contributed by atoms with Crippen molar-refractivity contribution < 1.29 is 9.53 Å². The summed E-state index contributed by atoms with van der Waals surface area (Å²) in [6, 6.07) is 0. The highest BCUT2D eigenvalue weighted by molar-refractivity contribution is 6.09. The van der Waals surface area contributed by atoms with Gasteiger partial charge in [-0.3, -0.25) is 14.5 Å². The SMILES string of the molecule is Cc1cn(C)c(=O)c2c(C(=O)CN3CCC34CCOC4)c[nH]c12. The molecule has 2 aromatic rings. The molecule has 4 heterocycles. The molecule has 0 amide bonds. The van der Waals surface area contributed by atoms with Gasteiger partial charge in [0.05, 0.1) is 24.1 Å². The summed E-state index contributed by atoms with van der Waals surface area (Å²) in [5.74, 6) is 0.00456. The maximum Gasteiger partial charge on any atom is 0.260 e. The average molecular weight is 315 g/mol. The molecule has 0 aromatic carbocycles. The van der Waals surface area contributed by atoms with E-state index in [1.807, 2.05) is 6.92 Å². The first-order chi connectivity index (χ1) is 11.0. The smallest absolute Gasteiger partial charge is 0.260 e. The summed E-state index contributed by atoms with van der Waals surface area (Å²) in [6.07, 6.45) is 5.55. The molecule has 2 aliphatic heterocycles. The molecule has 122 valence electrons. The molecule has 0 bridgehead atoms. The van der Waals surface area contributed by atoms with Gasteiger partial charge in [0.15, 0.2) is 5.78 Å².